The van der Waals surface area contributed by atoms with E-state index in [4.69, 9.17) is 9.47 Å². The van der Waals surface area contributed by atoms with E-state index < -0.39 is 6.09 Å². The molecule has 0 aliphatic rings. The third-order valence-corrected chi connectivity index (χ3v) is 5.04. The number of carbonyl (C=O) groups excluding carboxylic acids is 1. The van der Waals surface area contributed by atoms with E-state index in [0.717, 1.165) is 37.2 Å². The largest absolute Gasteiger partial charge is 0.476 e. The van der Waals surface area contributed by atoms with Gasteiger partial charge in [-0.1, -0.05) is 43.7 Å². The summed E-state index contributed by atoms with van der Waals surface area (Å²) in [5, 5.41) is 7.02. The second-order valence-corrected chi connectivity index (χ2v) is 8.17. The minimum absolute atomic E-state index is 0.228. The number of ether oxygens (including phenoxy) is 2. The fraction of sp³-hybridized carbons (Fsp3) is 0.333. The minimum Gasteiger partial charge on any atom is -0.476 e. The summed E-state index contributed by atoms with van der Waals surface area (Å²) in [7, 11) is 0. The Balaban J connectivity index is 1.64. The maximum absolute atomic E-state index is 12.0. The monoisotopic (exact) mass is 490 g/mol. The lowest BCUT2D eigenvalue weighted by Gasteiger charge is -2.24. The highest BCUT2D eigenvalue weighted by atomic mass is 16.6. The topological polar surface area (TPSA) is 101 Å². The SMILES string of the molecule is CCCN(CCC)c1cc(N/N=C/c2cccc(C)c2)nc(OCCNC(=O)Oc2cccnc2)c1. The lowest BCUT2D eigenvalue weighted by molar-refractivity contribution is 0.196. The molecule has 2 aromatic heterocycles. The van der Waals surface area contributed by atoms with Gasteiger partial charge in [0.05, 0.1) is 19.0 Å². The summed E-state index contributed by atoms with van der Waals surface area (Å²) in [4.78, 5) is 22.7. The maximum Gasteiger partial charge on any atom is 0.412 e. The van der Waals surface area contributed by atoms with Crippen LogP contribution in [-0.4, -0.2) is 48.5 Å². The van der Waals surface area contributed by atoms with E-state index in [-0.39, 0.29) is 13.2 Å². The molecular weight excluding hydrogens is 456 g/mol. The predicted molar refractivity (Wildman–Crippen MR) is 143 cm³/mol. The number of benzene rings is 1. The van der Waals surface area contributed by atoms with Crippen molar-refractivity contribution < 1.29 is 14.3 Å². The van der Waals surface area contributed by atoms with Crippen LogP contribution in [0.5, 0.6) is 11.6 Å². The van der Waals surface area contributed by atoms with E-state index in [1.165, 1.54) is 11.8 Å². The van der Waals surface area contributed by atoms with Gasteiger partial charge in [-0.3, -0.25) is 10.4 Å². The molecule has 9 heteroatoms. The first-order chi connectivity index (χ1) is 17.6. The van der Waals surface area contributed by atoms with Gasteiger partial charge in [0.25, 0.3) is 0 Å². The van der Waals surface area contributed by atoms with E-state index in [9.17, 15) is 4.79 Å². The summed E-state index contributed by atoms with van der Waals surface area (Å²) < 4.78 is 11.0. The summed E-state index contributed by atoms with van der Waals surface area (Å²) in [6, 6.07) is 15.3. The summed E-state index contributed by atoms with van der Waals surface area (Å²) in [5.74, 6) is 1.40. The number of hydrazone groups is 1. The van der Waals surface area contributed by atoms with Crippen LogP contribution in [0.4, 0.5) is 16.3 Å². The van der Waals surface area contributed by atoms with Gasteiger partial charge < -0.3 is 19.7 Å². The van der Waals surface area contributed by atoms with Crippen LogP contribution < -0.4 is 25.1 Å². The Labute approximate surface area is 212 Å². The molecule has 1 aromatic carbocycles. The first kappa shape index (κ1) is 26.5. The van der Waals surface area contributed by atoms with Crippen molar-refractivity contribution in [3.63, 3.8) is 0 Å². The Morgan fingerprint density at radius 3 is 2.67 bits per heavy atom. The third kappa shape index (κ3) is 8.90. The molecule has 0 atom stereocenters. The highest BCUT2D eigenvalue weighted by molar-refractivity contribution is 5.80. The number of nitrogens with one attached hydrogen (secondary N) is 2. The van der Waals surface area contributed by atoms with Gasteiger partial charge in [0.2, 0.25) is 5.88 Å². The number of aryl methyl sites for hydroxylation is 1. The van der Waals surface area contributed by atoms with Crippen LogP contribution >= 0.6 is 0 Å². The fourth-order valence-corrected chi connectivity index (χ4v) is 3.50. The highest BCUT2D eigenvalue weighted by Gasteiger charge is 2.11. The van der Waals surface area contributed by atoms with E-state index in [0.29, 0.717) is 17.4 Å². The van der Waals surface area contributed by atoms with Gasteiger partial charge in [-0.2, -0.15) is 10.1 Å². The minimum atomic E-state index is -0.571. The Morgan fingerprint density at radius 2 is 1.94 bits per heavy atom. The van der Waals surface area contributed by atoms with Crippen LogP contribution in [0.3, 0.4) is 0 Å². The third-order valence-electron chi connectivity index (χ3n) is 5.04. The van der Waals surface area contributed by atoms with Crippen molar-refractivity contribution in [1.29, 1.82) is 0 Å². The molecule has 1 amide bonds. The van der Waals surface area contributed by atoms with Crippen molar-refractivity contribution in [1.82, 2.24) is 15.3 Å². The van der Waals surface area contributed by atoms with E-state index >= 15 is 0 Å². The molecule has 3 aromatic rings. The standard InChI is InChI=1S/C27H34N6O3/c1-4-13-33(14-5-2)23-17-25(32-30-19-22-9-6-8-21(3)16-22)31-26(18-23)35-15-12-29-27(34)36-24-10-7-11-28-20-24/h6-11,16-20H,4-5,12-15H2,1-3H3,(H,29,34)(H,31,32)/b30-19+. The number of anilines is 2. The van der Waals surface area contributed by atoms with Crippen molar-refractivity contribution in [2.45, 2.75) is 33.6 Å². The molecule has 0 bridgehead atoms. The average molecular weight is 491 g/mol. The number of hydrogen-bond acceptors (Lipinski definition) is 8. The predicted octanol–water partition coefficient (Wildman–Crippen LogP) is 5.02. The normalized spacial score (nSPS) is 10.8. The molecule has 2 heterocycles. The summed E-state index contributed by atoms with van der Waals surface area (Å²) in [6.45, 7) is 8.68. The van der Waals surface area contributed by atoms with E-state index in [1.54, 1.807) is 24.5 Å². The van der Waals surface area contributed by atoms with Crippen LogP contribution in [0.25, 0.3) is 0 Å². The lowest BCUT2D eigenvalue weighted by Crippen LogP contribution is -2.30. The van der Waals surface area contributed by atoms with Crippen LogP contribution in [-0.2, 0) is 0 Å². The quantitative estimate of drug-likeness (QED) is 0.197. The number of nitrogens with zero attached hydrogens (tertiary/aromatic N) is 4. The summed E-state index contributed by atoms with van der Waals surface area (Å²) in [6.07, 6.45) is 6.32. The number of amides is 1. The van der Waals surface area contributed by atoms with Crippen LogP contribution in [0, 0.1) is 6.92 Å². The van der Waals surface area contributed by atoms with Crippen LogP contribution in [0.15, 0.2) is 66.0 Å². The molecule has 0 aliphatic carbocycles. The van der Waals surface area contributed by atoms with Gasteiger partial charge in [-0.15, -0.1) is 0 Å². The molecule has 0 fully saturated rings. The molecule has 0 saturated heterocycles. The molecule has 36 heavy (non-hydrogen) atoms. The van der Waals surface area contributed by atoms with E-state index in [2.05, 4.69) is 50.6 Å². The highest BCUT2D eigenvalue weighted by Crippen LogP contribution is 2.24. The summed E-state index contributed by atoms with van der Waals surface area (Å²) >= 11 is 0. The second kappa shape index (κ2) is 14.3. The number of pyridine rings is 2. The van der Waals surface area contributed by atoms with Crippen molar-refractivity contribution in [2.24, 2.45) is 5.10 Å². The van der Waals surface area contributed by atoms with Gasteiger partial charge in [0, 0.05) is 37.1 Å². The Bertz CT molecular complexity index is 1120. The lowest BCUT2D eigenvalue weighted by atomic mass is 10.2. The number of aromatic nitrogens is 2. The molecule has 9 nitrogen and oxygen atoms in total. The molecule has 0 saturated carbocycles. The molecule has 3 rings (SSSR count). The zero-order valence-corrected chi connectivity index (χ0v) is 21.1. The average Bonchev–Trinajstić information content (AvgIpc) is 2.87. The van der Waals surface area contributed by atoms with Crippen molar-refractivity contribution in [3.8, 4) is 11.6 Å². The first-order valence-corrected chi connectivity index (χ1v) is 12.2. The first-order valence-electron chi connectivity index (χ1n) is 12.2. The number of hydrogen-bond donors (Lipinski definition) is 2. The molecule has 0 radical (unpaired) electrons. The Morgan fingerprint density at radius 1 is 1.11 bits per heavy atom. The van der Waals surface area contributed by atoms with Crippen molar-refractivity contribution in [2.75, 3.05) is 36.6 Å². The van der Waals surface area contributed by atoms with Gasteiger partial charge in [0.15, 0.2) is 11.6 Å². The van der Waals surface area contributed by atoms with Gasteiger partial charge in [-0.05, 0) is 37.5 Å². The van der Waals surface area contributed by atoms with Gasteiger partial charge >= 0.3 is 6.09 Å². The van der Waals surface area contributed by atoms with Gasteiger partial charge in [0.1, 0.15) is 6.61 Å². The van der Waals surface area contributed by atoms with Crippen LogP contribution in [0.2, 0.25) is 0 Å². The molecule has 0 spiro atoms. The van der Waals surface area contributed by atoms with E-state index in [1.807, 2.05) is 37.3 Å². The van der Waals surface area contributed by atoms with Crippen molar-refractivity contribution in [3.05, 3.63) is 72.1 Å². The summed E-state index contributed by atoms with van der Waals surface area (Å²) in [5.41, 5.74) is 6.19. The Hall–Kier alpha value is -4.14. The molecule has 190 valence electrons. The molecule has 0 aliphatic heterocycles. The zero-order valence-electron chi connectivity index (χ0n) is 21.1. The van der Waals surface area contributed by atoms with Crippen molar-refractivity contribution >= 4 is 23.8 Å². The molecule has 2 N–H and O–H groups in total. The maximum atomic E-state index is 12.0. The van der Waals surface area contributed by atoms with Gasteiger partial charge in [-0.25, -0.2) is 4.79 Å². The number of carbonyl (C=O) groups is 1. The van der Waals surface area contributed by atoms with Crippen LogP contribution in [0.1, 0.15) is 37.8 Å². The second-order valence-electron chi connectivity index (χ2n) is 8.17. The molecular formula is C27H34N6O3. The number of rotatable bonds is 13. The fourth-order valence-electron chi connectivity index (χ4n) is 3.50. The smallest absolute Gasteiger partial charge is 0.412 e. The molecule has 0 unspecified atom stereocenters. The Kier molecular flexibility index (Phi) is 10.5. The zero-order chi connectivity index (χ0) is 25.6.